The van der Waals surface area contributed by atoms with Crippen LogP contribution in [0.2, 0.25) is 0 Å². The van der Waals surface area contributed by atoms with Crippen LogP contribution < -0.4 is 10.5 Å². The van der Waals surface area contributed by atoms with Crippen molar-refractivity contribution in [3.05, 3.63) is 45.3 Å². The fraction of sp³-hybridized carbons (Fsp3) is 0.542. The largest absolute Gasteiger partial charge is 0.423 e. The second-order valence-corrected chi connectivity index (χ2v) is 10.1. The van der Waals surface area contributed by atoms with Gasteiger partial charge in [-0.05, 0) is 47.6 Å². The van der Waals surface area contributed by atoms with Crippen molar-refractivity contribution in [1.29, 1.82) is 0 Å². The number of hydrogen-bond acceptors (Lipinski definition) is 7. The minimum Gasteiger partial charge on any atom is -0.423 e. The molecule has 8 heteroatoms. The van der Waals surface area contributed by atoms with Crippen LogP contribution in [0.15, 0.2) is 32.6 Å². The van der Waals surface area contributed by atoms with Crippen LogP contribution in [-0.4, -0.2) is 41.1 Å². The summed E-state index contributed by atoms with van der Waals surface area (Å²) in [6.45, 7) is 14.7. The van der Waals surface area contributed by atoms with E-state index >= 15 is 0 Å². The first-order valence-corrected chi connectivity index (χ1v) is 12.3. The van der Waals surface area contributed by atoms with Gasteiger partial charge in [-0.25, -0.2) is 4.79 Å². The maximum Gasteiger partial charge on any atom is 0.336 e. The van der Waals surface area contributed by atoms with Crippen LogP contribution >= 0.6 is 11.8 Å². The lowest BCUT2D eigenvalue weighted by Gasteiger charge is -2.28. The third-order valence-electron chi connectivity index (χ3n) is 5.73. The Hall–Kier alpha value is -2.32. The lowest BCUT2D eigenvalue weighted by Crippen LogP contribution is -2.38. The second kappa shape index (κ2) is 9.67. The van der Waals surface area contributed by atoms with Gasteiger partial charge in [0.25, 0.3) is 0 Å². The van der Waals surface area contributed by atoms with Crippen molar-refractivity contribution in [1.82, 2.24) is 14.8 Å². The van der Waals surface area contributed by atoms with Gasteiger partial charge in [0.15, 0.2) is 5.16 Å². The van der Waals surface area contributed by atoms with Gasteiger partial charge >= 0.3 is 5.63 Å². The van der Waals surface area contributed by atoms with Crippen molar-refractivity contribution in [3.8, 4) is 0 Å². The standard InChI is InChI=1S/C24H32N4O3S/c1-15(2)13-28-23(27-6-8-30-9-7-27)25-26-24(28)32-14-18-11-22(29)31-21-10-17(5)19(16(3)4)12-20(18)21/h10-12,15-16H,6-9,13-14H2,1-5H3. The Morgan fingerprint density at radius 3 is 2.53 bits per heavy atom. The van der Waals surface area contributed by atoms with E-state index < -0.39 is 0 Å². The SMILES string of the molecule is Cc1cc2oc(=O)cc(CSc3nnc(N4CCOCC4)n3CC(C)C)c2cc1C(C)C. The summed E-state index contributed by atoms with van der Waals surface area (Å²) in [5.41, 5.74) is 3.72. The molecule has 3 heterocycles. The minimum atomic E-state index is -0.317. The van der Waals surface area contributed by atoms with Crippen molar-refractivity contribution in [3.63, 3.8) is 0 Å². The highest BCUT2D eigenvalue weighted by Crippen LogP contribution is 2.31. The predicted octanol–water partition coefficient (Wildman–Crippen LogP) is 4.60. The molecular formula is C24H32N4O3S. The molecule has 0 aliphatic carbocycles. The molecule has 0 spiro atoms. The molecule has 1 aromatic carbocycles. The summed E-state index contributed by atoms with van der Waals surface area (Å²) >= 11 is 1.62. The van der Waals surface area contributed by atoms with Gasteiger partial charge < -0.3 is 14.1 Å². The first-order chi connectivity index (χ1) is 15.3. The Labute approximate surface area is 193 Å². The number of fused-ring (bicyclic) bond motifs is 1. The van der Waals surface area contributed by atoms with Crippen LogP contribution in [0.4, 0.5) is 5.95 Å². The van der Waals surface area contributed by atoms with Crippen molar-refractivity contribution >= 4 is 28.7 Å². The third-order valence-corrected chi connectivity index (χ3v) is 6.75. The third kappa shape index (κ3) is 4.86. The van der Waals surface area contributed by atoms with Crippen LogP contribution in [0, 0.1) is 12.8 Å². The maximum absolute atomic E-state index is 12.2. The number of anilines is 1. The van der Waals surface area contributed by atoms with E-state index in [-0.39, 0.29) is 5.63 Å². The molecule has 172 valence electrons. The lowest BCUT2D eigenvalue weighted by molar-refractivity contribution is 0.121. The lowest BCUT2D eigenvalue weighted by atomic mass is 9.95. The Morgan fingerprint density at radius 1 is 1.09 bits per heavy atom. The smallest absolute Gasteiger partial charge is 0.336 e. The Kier molecular flexibility index (Phi) is 6.90. The highest BCUT2D eigenvalue weighted by Gasteiger charge is 2.21. The fourth-order valence-electron chi connectivity index (χ4n) is 4.19. The summed E-state index contributed by atoms with van der Waals surface area (Å²) < 4.78 is 13.2. The van der Waals surface area contributed by atoms with Gasteiger partial charge in [0, 0.05) is 36.8 Å². The maximum atomic E-state index is 12.2. The van der Waals surface area contributed by atoms with E-state index in [1.807, 2.05) is 6.07 Å². The topological polar surface area (TPSA) is 73.4 Å². The highest BCUT2D eigenvalue weighted by atomic mass is 32.2. The number of rotatable bonds is 7. The van der Waals surface area contributed by atoms with E-state index in [1.165, 1.54) is 5.56 Å². The molecule has 32 heavy (non-hydrogen) atoms. The molecule has 0 N–H and O–H groups in total. The minimum absolute atomic E-state index is 0.317. The van der Waals surface area contributed by atoms with Gasteiger partial charge in [-0.15, -0.1) is 10.2 Å². The van der Waals surface area contributed by atoms with Gasteiger partial charge in [-0.2, -0.15) is 0 Å². The molecule has 1 aliphatic heterocycles. The molecule has 3 aromatic rings. The normalized spacial score (nSPS) is 14.8. The summed E-state index contributed by atoms with van der Waals surface area (Å²) in [6, 6.07) is 5.77. The molecule has 7 nitrogen and oxygen atoms in total. The van der Waals surface area contributed by atoms with Gasteiger partial charge in [0.05, 0.1) is 13.2 Å². The number of aromatic nitrogens is 3. The van der Waals surface area contributed by atoms with Crippen LogP contribution in [-0.2, 0) is 17.0 Å². The molecule has 0 radical (unpaired) electrons. The predicted molar refractivity (Wildman–Crippen MR) is 129 cm³/mol. The number of morpholine rings is 1. The van der Waals surface area contributed by atoms with Crippen LogP contribution in [0.25, 0.3) is 11.0 Å². The number of aryl methyl sites for hydroxylation is 1. The molecule has 1 aliphatic rings. The molecule has 1 fully saturated rings. The molecular weight excluding hydrogens is 424 g/mol. The van der Waals surface area contributed by atoms with Gasteiger partial charge in [-0.3, -0.25) is 4.57 Å². The van der Waals surface area contributed by atoms with Gasteiger partial charge in [0.1, 0.15) is 5.58 Å². The molecule has 4 rings (SSSR count). The van der Waals surface area contributed by atoms with E-state index in [1.54, 1.807) is 17.8 Å². The molecule has 0 atom stereocenters. The Balaban J connectivity index is 1.66. The van der Waals surface area contributed by atoms with E-state index in [0.717, 1.165) is 47.3 Å². The number of hydrogen-bond donors (Lipinski definition) is 0. The summed E-state index contributed by atoms with van der Waals surface area (Å²) in [7, 11) is 0. The van der Waals surface area contributed by atoms with E-state index in [9.17, 15) is 4.79 Å². The highest BCUT2D eigenvalue weighted by molar-refractivity contribution is 7.98. The first kappa shape index (κ1) is 22.9. The molecule has 0 saturated carbocycles. The summed E-state index contributed by atoms with van der Waals surface area (Å²) in [6.07, 6.45) is 0. The Morgan fingerprint density at radius 2 is 1.84 bits per heavy atom. The zero-order valence-corrected chi connectivity index (χ0v) is 20.4. The quantitative estimate of drug-likeness (QED) is 0.380. The molecule has 0 unspecified atom stereocenters. The second-order valence-electron chi connectivity index (χ2n) is 9.13. The van der Waals surface area contributed by atoms with Gasteiger partial charge in [0.2, 0.25) is 5.95 Å². The van der Waals surface area contributed by atoms with Crippen LogP contribution in [0.5, 0.6) is 0 Å². The van der Waals surface area contributed by atoms with Crippen molar-refractivity contribution in [2.45, 2.75) is 58.0 Å². The van der Waals surface area contributed by atoms with Crippen LogP contribution in [0.1, 0.15) is 50.3 Å². The molecule has 0 amide bonds. The van der Waals surface area contributed by atoms with Gasteiger partial charge in [-0.1, -0.05) is 39.5 Å². The first-order valence-electron chi connectivity index (χ1n) is 11.3. The van der Waals surface area contributed by atoms with Crippen molar-refractivity contribution < 1.29 is 9.15 Å². The van der Waals surface area contributed by atoms with E-state index in [0.29, 0.717) is 36.4 Å². The number of ether oxygens (including phenoxy) is 1. The van der Waals surface area contributed by atoms with Crippen molar-refractivity contribution in [2.24, 2.45) is 5.92 Å². The summed E-state index contributed by atoms with van der Waals surface area (Å²) in [5, 5.41) is 10.9. The van der Waals surface area contributed by atoms with Crippen molar-refractivity contribution in [2.75, 3.05) is 31.2 Å². The van der Waals surface area contributed by atoms with Crippen LogP contribution in [0.3, 0.4) is 0 Å². The number of benzene rings is 1. The number of thioether (sulfide) groups is 1. The fourth-order valence-corrected chi connectivity index (χ4v) is 5.12. The summed E-state index contributed by atoms with van der Waals surface area (Å²) in [4.78, 5) is 14.5. The average Bonchev–Trinajstić information content (AvgIpc) is 3.13. The monoisotopic (exact) mass is 456 g/mol. The molecule has 1 saturated heterocycles. The van der Waals surface area contributed by atoms with E-state index in [2.05, 4.69) is 60.3 Å². The average molecular weight is 457 g/mol. The molecule has 2 aromatic heterocycles. The summed E-state index contributed by atoms with van der Waals surface area (Å²) in [5.74, 6) is 2.39. The molecule has 0 bridgehead atoms. The van der Waals surface area contributed by atoms with E-state index in [4.69, 9.17) is 9.15 Å². The Bertz CT molecular complexity index is 1150. The zero-order valence-electron chi connectivity index (χ0n) is 19.6. The number of nitrogens with zero attached hydrogens (tertiary/aromatic N) is 4. The zero-order chi connectivity index (χ0) is 22.8.